The predicted octanol–water partition coefficient (Wildman–Crippen LogP) is 3.72. The second-order valence-corrected chi connectivity index (χ2v) is 6.34. The summed E-state index contributed by atoms with van der Waals surface area (Å²) in [7, 11) is 1.64. The average Bonchev–Trinajstić information content (AvgIpc) is 2.92. The van der Waals surface area contributed by atoms with Gasteiger partial charge in [0.05, 0.1) is 29.1 Å². The monoisotopic (exact) mass is 341 g/mol. The Balaban J connectivity index is 1.97. The van der Waals surface area contributed by atoms with Crippen molar-refractivity contribution in [2.24, 2.45) is 0 Å². The van der Waals surface area contributed by atoms with Crippen LogP contribution < -0.4 is 0 Å². The Kier molecular flexibility index (Phi) is 3.82. The Morgan fingerprint density at radius 1 is 1.25 bits per heavy atom. The number of ether oxygens (including phenoxy) is 1. The molecule has 0 fully saturated rings. The van der Waals surface area contributed by atoms with Crippen LogP contribution in [0, 0.1) is 0 Å². The number of hydrogen-bond donors (Lipinski definition) is 0. The number of aromatic nitrogens is 3. The number of halogens is 1. The number of benzene rings is 1. The lowest BCUT2D eigenvalue weighted by Gasteiger charge is -2.13. The number of carbonyl (C=O) groups excluding carboxylic acids is 1. The first-order valence-corrected chi connectivity index (χ1v) is 8.24. The van der Waals surface area contributed by atoms with Gasteiger partial charge in [-0.25, -0.2) is 9.50 Å². The van der Waals surface area contributed by atoms with E-state index in [0.717, 1.165) is 41.0 Å². The van der Waals surface area contributed by atoms with Gasteiger partial charge in [-0.3, -0.25) is 4.79 Å². The van der Waals surface area contributed by atoms with E-state index in [-0.39, 0.29) is 5.78 Å². The maximum Gasteiger partial charge on any atom is 0.166 e. The molecule has 2 heterocycles. The quantitative estimate of drug-likeness (QED) is 0.728. The molecule has 3 aromatic rings. The molecule has 0 saturated carbocycles. The number of fused-ring (bicyclic) bond motifs is 2. The summed E-state index contributed by atoms with van der Waals surface area (Å²) in [4.78, 5) is 16.9. The van der Waals surface area contributed by atoms with Crippen molar-refractivity contribution in [1.29, 1.82) is 0 Å². The maximum absolute atomic E-state index is 12.1. The molecule has 122 valence electrons. The van der Waals surface area contributed by atoms with Gasteiger partial charge in [0.1, 0.15) is 0 Å². The molecule has 0 N–H and O–H groups in total. The van der Waals surface area contributed by atoms with Gasteiger partial charge in [-0.05, 0) is 30.5 Å². The number of aryl methyl sites for hydroxylation is 1. The van der Waals surface area contributed by atoms with Crippen LogP contribution in [0.1, 0.15) is 34.6 Å². The van der Waals surface area contributed by atoms with Crippen molar-refractivity contribution < 1.29 is 9.53 Å². The Morgan fingerprint density at radius 3 is 2.79 bits per heavy atom. The smallest absolute Gasteiger partial charge is 0.166 e. The van der Waals surface area contributed by atoms with Crippen LogP contribution in [0.2, 0.25) is 5.02 Å². The first kappa shape index (κ1) is 15.3. The molecule has 1 aliphatic rings. The first-order valence-electron chi connectivity index (χ1n) is 7.86. The fourth-order valence-corrected chi connectivity index (χ4v) is 3.30. The minimum Gasteiger partial charge on any atom is -0.378 e. The van der Waals surface area contributed by atoms with E-state index in [1.807, 2.05) is 24.3 Å². The van der Waals surface area contributed by atoms with Gasteiger partial charge >= 0.3 is 0 Å². The number of carbonyl (C=O) groups is 1. The highest BCUT2D eigenvalue weighted by Crippen LogP contribution is 2.31. The van der Waals surface area contributed by atoms with E-state index >= 15 is 0 Å². The van der Waals surface area contributed by atoms with Crippen LogP contribution in [0.25, 0.3) is 16.8 Å². The molecular weight excluding hydrogens is 326 g/mol. The Bertz CT molecular complexity index is 932. The normalized spacial score (nSPS) is 14.2. The second kappa shape index (κ2) is 6.00. The van der Waals surface area contributed by atoms with E-state index in [0.29, 0.717) is 23.6 Å². The molecule has 0 spiro atoms. The summed E-state index contributed by atoms with van der Waals surface area (Å²) in [6, 6.07) is 7.59. The molecule has 0 bridgehead atoms. The second-order valence-electron chi connectivity index (χ2n) is 5.91. The van der Waals surface area contributed by atoms with E-state index in [1.165, 1.54) is 0 Å². The number of Topliss-reactive ketones (excluding diaryl/α,β-unsaturated/α-hetero) is 1. The molecule has 6 heteroatoms. The third kappa shape index (κ3) is 2.50. The van der Waals surface area contributed by atoms with Crippen LogP contribution in [0.3, 0.4) is 0 Å². The molecule has 5 nitrogen and oxygen atoms in total. The van der Waals surface area contributed by atoms with Gasteiger partial charge in [0, 0.05) is 24.8 Å². The van der Waals surface area contributed by atoms with Crippen molar-refractivity contribution in [1.82, 2.24) is 14.6 Å². The maximum atomic E-state index is 12.1. The van der Waals surface area contributed by atoms with Gasteiger partial charge in [-0.2, -0.15) is 5.10 Å². The molecule has 24 heavy (non-hydrogen) atoms. The number of methoxy groups -OCH3 is 1. The van der Waals surface area contributed by atoms with E-state index in [1.54, 1.807) is 17.8 Å². The van der Waals surface area contributed by atoms with E-state index in [9.17, 15) is 4.79 Å². The zero-order valence-electron chi connectivity index (χ0n) is 13.3. The number of hydrogen-bond acceptors (Lipinski definition) is 4. The van der Waals surface area contributed by atoms with Gasteiger partial charge in [0.15, 0.2) is 11.4 Å². The summed E-state index contributed by atoms with van der Waals surface area (Å²) in [6.07, 6.45) is 4.06. The van der Waals surface area contributed by atoms with Crippen LogP contribution in [-0.2, 0) is 17.8 Å². The highest BCUT2D eigenvalue weighted by atomic mass is 35.5. The standard InChI is InChI=1S/C18H16ClN3O2/c1-24-10-15-17(11-5-7-12(19)8-6-11)18-20-14-3-2-4-16(23)13(14)9-22(18)21-15/h5-9H,2-4,10H2,1H3. The Morgan fingerprint density at radius 2 is 2.04 bits per heavy atom. The van der Waals surface area contributed by atoms with Crippen LogP contribution in [0.15, 0.2) is 30.5 Å². The SMILES string of the molecule is COCc1nn2cc3c(nc2c1-c1ccc(Cl)cc1)CCCC3=O. The van der Waals surface area contributed by atoms with Crippen LogP contribution in [-0.4, -0.2) is 27.5 Å². The van der Waals surface area contributed by atoms with Crippen molar-refractivity contribution in [3.63, 3.8) is 0 Å². The minimum absolute atomic E-state index is 0.141. The molecule has 0 unspecified atom stereocenters. The average molecular weight is 342 g/mol. The summed E-state index contributed by atoms with van der Waals surface area (Å²) in [5, 5.41) is 5.27. The molecule has 1 aliphatic carbocycles. The summed E-state index contributed by atoms with van der Waals surface area (Å²) < 4.78 is 6.99. The number of rotatable bonds is 3. The topological polar surface area (TPSA) is 56.5 Å². The lowest BCUT2D eigenvalue weighted by Crippen LogP contribution is -2.14. The zero-order chi connectivity index (χ0) is 16.7. The molecule has 2 aromatic heterocycles. The van der Waals surface area contributed by atoms with E-state index < -0.39 is 0 Å². The molecule has 0 amide bonds. The highest BCUT2D eigenvalue weighted by molar-refractivity contribution is 6.30. The zero-order valence-corrected chi connectivity index (χ0v) is 14.0. The molecule has 0 saturated heterocycles. The van der Waals surface area contributed by atoms with Gasteiger partial charge in [-0.15, -0.1) is 0 Å². The van der Waals surface area contributed by atoms with Crippen molar-refractivity contribution in [3.8, 4) is 11.1 Å². The van der Waals surface area contributed by atoms with Gasteiger partial charge < -0.3 is 4.74 Å². The van der Waals surface area contributed by atoms with Gasteiger partial charge in [-0.1, -0.05) is 23.7 Å². The summed E-state index contributed by atoms with van der Waals surface area (Å²) in [6.45, 7) is 0.375. The van der Waals surface area contributed by atoms with Crippen LogP contribution in [0.5, 0.6) is 0 Å². The largest absolute Gasteiger partial charge is 0.378 e. The van der Waals surface area contributed by atoms with Crippen LogP contribution >= 0.6 is 11.6 Å². The third-order valence-electron chi connectivity index (χ3n) is 4.29. The van der Waals surface area contributed by atoms with E-state index in [4.69, 9.17) is 21.3 Å². The molecule has 0 aliphatic heterocycles. The lowest BCUT2D eigenvalue weighted by atomic mass is 9.96. The van der Waals surface area contributed by atoms with Crippen molar-refractivity contribution in [2.45, 2.75) is 25.9 Å². The molecule has 0 radical (unpaired) electrons. The first-order chi connectivity index (χ1) is 11.7. The highest BCUT2D eigenvalue weighted by Gasteiger charge is 2.23. The number of ketones is 1. The summed E-state index contributed by atoms with van der Waals surface area (Å²) in [5.74, 6) is 0.141. The van der Waals surface area contributed by atoms with Crippen molar-refractivity contribution >= 4 is 23.0 Å². The Labute approximate surface area is 144 Å². The van der Waals surface area contributed by atoms with Crippen molar-refractivity contribution in [3.05, 3.63) is 52.4 Å². The number of nitrogens with zero attached hydrogens (tertiary/aromatic N) is 3. The third-order valence-corrected chi connectivity index (χ3v) is 4.54. The molecule has 0 atom stereocenters. The van der Waals surface area contributed by atoms with Crippen molar-refractivity contribution in [2.75, 3.05) is 7.11 Å². The molecule has 1 aromatic carbocycles. The van der Waals surface area contributed by atoms with Gasteiger partial charge in [0.2, 0.25) is 0 Å². The fourth-order valence-electron chi connectivity index (χ4n) is 3.18. The summed E-state index contributed by atoms with van der Waals surface area (Å²) in [5.41, 5.74) is 4.99. The van der Waals surface area contributed by atoms with E-state index in [2.05, 4.69) is 5.10 Å². The van der Waals surface area contributed by atoms with Crippen LogP contribution in [0.4, 0.5) is 0 Å². The molecular formula is C18H16ClN3O2. The van der Waals surface area contributed by atoms with Gasteiger partial charge in [0.25, 0.3) is 0 Å². The minimum atomic E-state index is 0.141. The predicted molar refractivity (Wildman–Crippen MR) is 91.4 cm³/mol. The Hall–Kier alpha value is -2.24. The fraction of sp³-hybridized carbons (Fsp3) is 0.278. The summed E-state index contributed by atoms with van der Waals surface area (Å²) >= 11 is 6.00. The molecule has 4 rings (SSSR count). The lowest BCUT2D eigenvalue weighted by molar-refractivity contribution is 0.0971.